The van der Waals surface area contributed by atoms with Gasteiger partial charge < -0.3 is 10.6 Å². The highest BCUT2D eigenvalue weighted by Gasteiger charge is 2.46. The molecule has 1 aliphatic carbocycles. The molecule has 5 unspecified atom stereocenters. The number of nitrogens with one attached hydrogen (secondary N) is 2. The molecule has 2 aromatic carbocycles. The maximum absolute atomic E-state index is 12.9. The van der Waals surface area contributed by atoms with Crippen LogP contribution in [0.1, 0.15) is 36.3 Å². The summed E-state index contributed by atoms with van der Waals surface area (Å²) >= 11 is 6.51. The van der Waals surface area contributed by atoms with Gasteiger partial charge in [0.05, 0.1) is 6.04 Å². The molecule has 4 heteroatoms. The molecule has 0 spiro atoms. The van der Waals surface area contributed by atoms with Crippen molar-refractivity contribution in [2.75, 3.05) is 0 Å². The number of carbonyl (C=O) groups is 1. The highest BCUT2D eigenvalue weighted by atomic mass is 35.5. The summed E-state index contributed by atoms with van der Waals surface area (Å²) in [5.74, 6) is 0.642. The second-order valence-corrected chi connectivity index (χ2v) is 8.09. The summed E-state index contributed by atoms with van der Waals surface area (Å²) in [5, 5.41) is 7.00. The Labute approximate surface area is 160 Å². The first-order valence-electron chi connectivity index (χ1n) is 9.49. The molecule has 2 aliphatic rings. The molecule has 1 saturated carbocycles. The van der Waals surface area contributed by atoms with Gasteiger partial charge in [0.15, 0.2) is 0 Å². The van der Waals surface area contributed by atoms with Gasteiger partial charge in [-0.05, 0) is 36.3 Å². The largest absolute Gasteiger partial charge is 0.352 e. The maximum Gasteiger partial charge on any atom is 0.238 e. The third-order valence-electron chi connectivity index (χ3n) is 5.82. The molecule has 4 rings (SSSR count). The number of alkyl halides is 1. The monoisotopic (exact) mass is 368 g/mol. The van der Waals surface area contributed by atoms with E-state index in [0.29, 0.717) is 12.5 Å². The molecule has 3 nitrogen and oxygen atoms in total. The van der Waals surface area contributed by atoms with E-state index in [1.165, 1.54) is 11.1 Å². The number of hydrogen-bond donors (Lipinski definition) is 2. The predicted molar refractivity (Wildman–Crippen MR) is 105 cm³/mol. The summed E-state index contributed by atoms with van der Waals surface area (Å²) in [6.45, 7) is 0.684. The van der Waals surface area contributed by atoms with Gasteiger partial charge >= 0.3 is 0 Å². The van der Waals surface area contributed by atoms with E-state index in [0.717, 1.165) is 19.3 Å². The first-order valence-corrected chi connectivity index (χ1v) is 9.92. The number of rotatable bonds is 4. The Morgan fingerprint density at radius 1 is 1.00 bits per heavy atom. The minimum absolute atomic E-state index is 0.115. The third-order valence-corrected chi connectivity index (χ3v) is 6.22. The van der Waals surface area contributed by atoms with Gasteiger partial charge in [-0.1, -0.05) is 60.7 Å². The minimum Gasteiger partial charge on any atom is -0.352 e. The summed E-state index contributed by atoms with van der Waals surface area (Å²) in [4.78, 5) is 12.9. The van der Waals surface area contributed by atoms with Crippen LogP contribution in [0.4, 0.5) is 0 Å². The van der Waals surface area contributed by atoms with E-state index in [2.05, 4.69) is 47.0 Å². The van der Waals surface area contributed by atoms with Crippen LogP contribution < -0.4 is 10.6 Å². The lowest BCUT2D eigenvalue weighted by Crippen LogP contribution is -2.61. The van der Waals surface area contributed by atoms with Gasteiger partial charge in [-0.25, -0.2) is 0 Å². The number of halogens is 1. The first-order chi connectivity index (χ1) is 12.7. The van der Waals surface area contributed by atoms with Crippen LogP contribution in [0.15, 0.2) is 60.7 Å². The van der Waals surface area contributed by atoms with Crippen LogP contribution in [0.25, 0.3) is 0 Å². The van der Waals surface area contributed by atoms with Crippen molar-refractivity contribution in [1.82, 2.24) is 10.6 Å². The molecule has 1 saturated heterocycles. The molecule has 1 aliphatic heterocycles. The molecule has 5 atom stereocenters. The first kappa shape index (κ1) is 17.6. The van der Waals surface area contributed by atoms with Gasteiger partial charge in [0.25, 0.3) is 0 Å². The van der Waals surface area contributed by atoms with E-state index in [1.54, 1.807) is 0 Å². The lowest BCUT2D eigenvalue weighted by molar-refractivity contribution is -0.128. The van der Waals surface area contributed by atoms with Crippen molar-refractivity contribution >= 4 is 17.5 Å². The van der Waals surface area contributed by atoms with Crippen LogP contribution in [0.2, 0.25) is 0 Å². The molecule has 1 amide bonds. The van der Waals surface area contributed by atoms with E-state index >= 15 is 0 Å². The second kappa shape index (κ2) is 7.81. The Kier molecular flexibility index (Phi) is 5.28. The van der Waals surface area contributed by atoms with Gasteiger partial charge in [0.2, 0.25) is 5.91 Å². The average Bonchev–Trinajstić information content (AvgIpc) is 2.68. The van der Waals surface area contributed by atoms with Crippen LogP contribution >= 0.6 is 11.6 Å². The number of carbonyl (C=O) groups excluding carboxylic acids is 1. The summed E-state index contributed by atoms with van der Waals surface area (Å²) in [6, 6.07) is 20.7. The molecule has 0 radical (unpaired) electrons. The van der Waals surface area contributed by atoms with Crippen LogP contribution in [0, 0.1) is 5.92 Å². The molecule has 136 valence electrons. The Hall–Kier alpha value is -1.84. The number of piperidine rings is 1. The Morgan fingerprint density at radius 3 is 2.42 bits per heavy atom. The molecule has 2 aromatic rings. The van der Waals surface area contributed by atoms with Crippen LogP contribution in [-0.2, 0) is 11.3 Å². The van der Waals surface area contributed by atoms with Crippen molar-refractivity contribution in [2.45, 2.75) is 49.2 Å². The van der Waals surface area contributed by atoms with Gasteiger partial charge in [0, 0.05) is 23.9 Å². The van der Waals surface area contributed by atoms with Crippen LogP contribution in [-0.4, -0.2) is 23.4 Å². The number of fused-ring (bicyclic) bond motifs is 1. The molecule has 0 aromatic heterocycles. The third kappa shape index (κ3) is 3.65. The maximum atomic E-state index is 12.9. The van der Waals surface area contributed by atoms with E-state index in [1.807, 2.05) is 24.3 Å². The fourth-order valence-electron chi connectivity index (χ4n) is 4.57. The van der Waals surface area contributed by atoms with Crippen LogP contribution in [0.5, 0.6) is 0 Å². The van der Waals surface area contributed by atoms with E-state index < -0.39 is 0 Å². The van der Waals surface area contributed by atoms with E-state index in [-0.39, 0.29) is 29.3 Å². The molecule has 26 heavy (non-hydrogen) atoms. The zero-order valence-electron chi connectivity index (χ0n) is 14.8. The van der Waals surface area contributed by atoms with Crippen molar-refractivity contribution in [2.24, 2.45) is 5.92 Å². The fourth-order valence-corrected chi connectivity index (χ4v) is 4.90. The Balaban J connectivity index is 1.62. The fraction of sp³-hybridized carbons (Fsp3) is 0.409. The molecule has 1 heterocycles. The summed E-state index contributed by atoms with van der Waals surface area (Å²) in [7, 11) is 0. The number of hydrogen-bond acceptors (Lipinski definition) is 2. The van der Waals surface area contributed by atoms with Crippen molar-refractivity contribution in [1.29, 1.82) is 0 Å². The number of amides is 1. The quantitative estimate of drug-likeness (QED) is 0.805. The topological polar surface area (TPSA) is 41.1 Å². The average molecular weight is 369 g/mol. The Bertz CT molecular complexity index is 736. The van der Waals surface area contributed by atoms with Crippen molar-refractivity contribution in [3.8, 4) is 0 Å². The SMILES string of the molecule is O=C1NC2CCC(Cl)CC2C(c2ccccc2)C1NCc1ccccc1. The van der Waals surface area contributed by atoms with E-state index in [4.69, 9.17) is 11.6 Å². The Morgan fingerprint density at radius 2 is 1.69 bits per heavy atom. The summed E-state index contributed by atoms with van der Waals surface area (Å²) in [6.07, 6.45) is 2.90. The van der Waals surface area contributed by atoms with Crippen molar-refractivity contribution in [3.05, 3.63) is 71.8 Å². The van der Waals surface area contributed by atoms with Gasteiger partial charge in [0.1, 0.15) is 0 Å². The van der Waals surface area contributed by atoms with Crippen molar-refractivity contribution in [3.63, 3.8) is 0 Å². The van der Waals surface area contributed by atoms with Gasteiger partial charge in [-0.15, -0.1) is 11.6 Å². The lowest BCUT2D eigenvalue weighted by atomic mass is 9.68. The summed E-state index contributed by atoms with van der Waals surface area (Å²) < 4.78 is 0. The minimum atomic E-state index is -0.235. The van der Waals surface area contributed by atoms with Crippen molar-refractivity contribution < 1.29 is 4.79 Å². The molecule has 0 bridgehead atoms. The molecular formula is C22H25ClN2O. The van der Waals surface area contributed by atoms with Gasteiger partial charge in [-0.3, -0.25) is 4.79 Å². The zero-order chi connectivity index (χ0) is 17.9. The highest BCUT2D eigenvalue weighted by molar-refractivity contribution is 6.20. The predicted octanol–water partition coefficient (Wildman–Crippen LogP) is 3.83. The highest BCUT2D eigenvalue weighted by Crippen LogP contribution is 2.42. The van der Waals surface area contributed by atoms with Crippen LogP contribution in [0.3, 0.4) is 0 Å². The van der Waals surface area contributed by atoms with E-state index in [9.17, 15) is 4.79 Å². The lowest BCUT2D eigenvalue weighted by Gasteiger charge is -2.47. The number of benzene rings is 2. The van der Waals surface area contributed by atoms with Gasteiger partial charge in [-0.2, -0.15) is 0 Å². The second-order valence-electron chi connectivity index (χ2n) is 7.47. The summed E-state index contributed by atoms with van der Waals surface area (Å²) in [5.41, 5.74) is 2.42. The zero-order valence-corrected chi connectivity index (χ0v) is 15.5. The molecule has 2 fully saturated rings. The standard InChI is InChI=1S/C22H25ClN2O/c23-17-11-12-19-18(13-17)20(16-9-5-2-6-10-16)21(22(26)25-19)24-14-15-7-3-1-4-8-15/h1-10,17-21,24H,11-14H2,(H,25,26). The normalized spacial score (nSPS) is 31.1. The smallest absolute Gasteiger partial charge is 0.238 e. The molecular weight excluding hydrogens is 344 g/mol. The molecule has 2 N–H and O–H groups in total.